The molecular formula is C16H12N3O4S-. The summed E-state index contributed by atoms with van der Waals surface area (Å²) in [6, 6.07) is 14.0. The molecule has 0 atom stereocenters. The SMILES string of the molecule is Nc1ccc2cc(S(=O)(=O)[O-])cc(O)c2c1N=Nc1ccccc1. The van der Waals surface area contributed by atoms with Gasteiger partial charge < -0.3 is 15.4 Å². The number of azo groups is 1. The summed E-state index contributed by atoms with van der Waals surface area (Å²) >= 11 is 0. The average molecular weight is 342 g/mol. The fourth-order valence-corrected chi connectivity index (χ4v) is 2.80. The lowest BCUT2D eigenvalue weighted by Crippen LogP contribution is -1.98. The van der Waals surface area contributed by atoms with E-state index < -0.39 is 20.8 Å². The standard InChI is InChI=1S/C16H13N3O4S/c17-13-7-6-10-8-12(24(21,22)23)9-14(20)15(10)16(13)19-18-11-4-2-1-3-5-11/h1-9,20H,17H2,(H,21,22,23)/p-1. The van der Waals surface area contributed by atoms with Gasteiger partial charge >= 0.3 is 0 Å². The van der Waals surface area contributed by atoms with E-state index in [4.69, 9.17) is 5.73 Å². The summed E-state index contributed by atoms with van der Waals surface area (Å²) in [5, 5.41) is 18.8. The molecule has 3 N–H and O–H groups in total. The summed E-state index contributed by atoms with van der Waals surface area (Å²) in [6.07, 6.45) is 0. The smallest absolute Gasteiger partial charge is 0.126 e. The van der Waals surface area contributed by atoms with Gasteiger partial charge in [0, 0.05) is 0 Å². The zero-order chi connectivity index (χ0) is 17.3. The van der Waals surface area contributed by atoms with Crippen molar-refractivity contribution in [1.29, 1.82) is 0 Å². The van der Waals surface area contributed by atoms with Crippen LogP contribution in [0.1, 0.15) is 0 Å². The summed E-state index contributed by atoms with van der Waals surface area (Å²) in [5.74, 6) is -0.406. The first-order valence-electron chi connectivity index (χ1n) is 6.84. The molecule has 3 aromatic rings. The molecule has 0 fully saturated rings. The van der Waals surface area contributed by atoms with Crippen molar-refractivity contribution in [2.45, 2.75) is 4.90 Å². The molecule has 0 radical (unpaired) electrons. The first-order valence-corrected chi connectivity index (χ1v) is 8.25. The van der Waals surface area contributed by atoms with Crippen LogP contribution in [-0.2, 0) is 10.1 Å². The highest BCUT2D eigenvalue weighted by molar-refractivity contribution is 7.85. The van der Waals surface area contributed by atoms with Crippen molar-refractivity contribution in [2.24, 2.45) is 10.2 Å². The Hall–Kier alpha value is -2.97. The predicted octanol–water partition coefficient (Wildman–Crippen LogP) is 3.45. The van der Waals surface area contributed by atoms with E-state index in [-0.39, 0.29) is 16.8 Å². The number of benzene rings is 3. The van der Waals surface area contributed by atoms with Crippen LogP contribution in [0, 0.1) is 0 Å². The molecule has 0 bridgehead atoms. The number of nitrogens with zero attached hydrogens (tertiary/aromatic N) is 2. The van der Waals surface area contributed by atoms with E-state index in [1.165, 1.54) is 18.2 Å². The molecule has 0 unspecified atom stereocenters. The maximum Gasteiger partial charge on any atom is 0.126 e. The Morgan fingerprint density at radius 2 is 1.71 bits per heavy atom. The first-order chi connectivity index (χ1) is 11.4. The lowest BCUT2D eigenvalue weighted by molar-refractivity contribution is 0.458. The number of hydrogen-bond donors (Lipinski definition) is 2. The Bertz CT molecular complexity index is 1050. The number of fused-ring (bicyclic) bond motifs is 1. The van der Waals surface area contributed by atoms with Crippen molar-refractivity contribution in [3.05, 3.63) is 54.6 Å². The van der Waals surface area contributed by atoms with E-state index in [9.17, 15) is 18.1 Å². The molecule has 0 aliphatic carbocycles. The molecule has 0 aromatic heterocycles. The van der Waals surface area contributed by atoms with Gasteiger partial charge in [0.15, 0.2) is 0 Å². The largest absolute Gasteiger partial charge is 0.744 e. The summed E-state index contributed by atoms with van der Waals surface area (Å²) in [6.45, 7) is 0. The predicted molar refractivity (Wildman–Crippen MR) is 88.6 cm³/mol. The Morgan fingerprint density at radius 1 is 1.00 bits per heavy atom. The fourth-order valence-electron chi connectivity index (χ4n) is 2.27. The third kappa shape index (κ3) is 3.05. The zero-order valence-electron chi connectivity index (χ0n) is 12.2. The van der Waals surface area contributed by atoms with Crippen molar-refractivity contribution >= 4 is 38.0 Å². The minimum atomic E-state index is -4.69. The van der Waals surface area contributed by atoms with Gasteiger partial charge in [-0.3, -0.25) is 0 Å². The molecule has 0 heterocycles. The molecule has 0 aliphatic heterocycles. The Balaban J connectivity index is 2.21. The quantitative estimate of drug-likeness (QED) is 0.428. The minimum Gasteiger partial charge on any atom is -0.744 e. The molecule has 0 aliphatic rings. The third-order valence-electron chi connectivity index (χ3n) is 3.38. The number of anilines is 1. The number of phenols is 1. The summed E-state index contributed by atoms with van der Waals surface area (Å²) in [5.41, 5.74) is 6.95. The Kier molecular flexibility index (Phi) is 3.92. The van der Waals surface area contributed by atoms with Gasteiger partial charge in [-0.15, -0.1) is 5.11 Å². The highest BCUT2D eigenvalue weighted by Crippen LogP contribution is 2.40. The van der Waals surface area contributed by atoms with Crippen LogP contribution >= 0.6 is 0 Å². The van der Waals surface area contributed by atoms with Gasteiger partial charge in [-0.2, -0.15) is 5.11 Å². The summed E-state index contributed by atoms with van der Waals surface area (Å²) < 4.78 is 33.5. The van der Waals surface area contributed by atoms with Gasteiger partial charge in [-0.1, -0.05) is 24.3 Å². The van der Waals surface area contributed by atoms with Gasteiger partial charge in [0.2, 0.25) is 0 Å². The van der Waals surface area contributed by atoms with Crippen LogP contribution in [-0.4, -0.2) is 18.1 Å². The number of nitrogens with two attached hydrogens (primary N) is 1. The van der Waals surface area contributed by atoms with E-state index in [0.717, 1.165) is 6.07 Å². The highest BCUT2D eigenvalue weighted by Gasteiger charge is 2.13. The Labute approximate surface area is 137 Å². The lowest BCUT2D eigenvalue weighted by Gasteiger charge is -2.12. The number of phenolic OH excluding ortho intramolecular Hbond substituents is 1. The van der Waals surface area contributed by atoms with E-state index in [1.807, 2.05) is 6.07 Å². The topological polar surface area (TPSA) is 128 Å². The van der Waals surface area contributed by atoms with Gasteiger partial charge in [0.1, 0.15) is 21.6 Å². The molecule has 3 aromatic carbocycles. The van der Waals surface area contributed by atoms with Crippen molar-refractivity contribution < 1.29 is 18.1 Å². The van der Waals surface area contributed by atoms with Gasteiger partial charge in [-0.05, 0) is 35.7 Å². The van der Waals surface area contributed by atoms with Gasteiger partial charge in [-0.25, -0.2) is 8.42 Å². The van der Waals surface area contributed by atoms with Crippen LogP contribution in [0.15, 0.2) is 69.7 Å². The number of nitrogen functional groups attached to an aromatic ring is 1. The molecule has 122 valence electrons. The van der Waals surface area contributed by atoms with E-state index in [1.54, 1.807) is 24.3 Å². The molecule has 0 amide bonds. The number of aromatic hydroxyl groups is 1. The van der Waals surface area contributed by atoms with Crippen LogP contribution in [0.2, 0.25) is 0 Å². The molecule has 8 heteroatoms. The average Bonchev–Trinajstić information content (AvgIpc) is 2.54. The summed E-state index contributed by atoms with van der Waals surface area (Å²) in [7, 11) is -4.69. The normalized spacial score (nSPS) is 12.0. The maximum atomic E-state index is 11.2. The molecule has 24 heavy (non-hydrogen) atoms. The molecule has 0 spiro atoms. The minimum absolute atomic E-state index is 0.198. The van der Waals surface area contributed by atoms with Crippen molar-refractivity contribution in [3.8, 4) is 5.75 Å². The van der Waals surface area contributed by atoms with Crippen molar-refractivity contribution in [2.75, 3.05) is 5.73 Å². The van der Waals surface area contributed by atoms with Crippen molar-refractivity contribution in [1.82, 2.24) is 0 Å². The lowest BCUT2D eigenvalue weighted by atomic mass is 10.1. The molecule has 3 rings (SSSR count). The monoisotopic (exact) mass is 342 g/mol. The van der Waals surface area contributed by atoms with Crippen LogP contribution in [0.25, 0.3) is 10.8 Å². The second-order valence-corrected chi connectivity index (χ2v) is 6.41. The van der Waals surface area contributed by atoms with Crippen LogP contribution < -0.4 is 5.73 Å². The van der Waals surface area contributed by atoms with E-state index in [0.29, 0.717) is 11.1 Å². The van der Waals surface area contributed by atoms with Crippen molar-refractivity contribution in [3.63, 3.8) is 0 Å². The second-order valence-electron chi connectivity index (χ2n) is 5.03. The number of rotatable bonds is 3. The molecule has 0 saturated carbocycles. The van der Waals surface area contributed by atoms with Gasteiger partial charge in [0.25, 0.3) is 0 Å². The highest BCUT2D eigenvalue weighted by atomic mass is 32.2. The maximum absolute atomic E-state index is 11.2. The van der Waals surface area contributed by atoms with Crippen LogP contribution in [0.3, 0.4) is 0 Å². The zero-order valence-corrected chi connectivity index (χ0v) is 13.1. The first kappa shape index (κ1) is 15.9. The second kappa shape index (κ2) is 5.91. The van der Waals surface area contributed by atoms with Crippen LogP contribution in [0.4, 0.5) is 17.1 Å². The van der Waals surface area contributed by atoms with Crippen LogP contribution in [0.5, 0.6) is 5.75 Å². The molecule has 7 nitrogen and oxygen atoms in total. The van der Waals surface area contributed by atoms with Gasteiger partial charge in [0.05, 0.1) is 21.7 Å². The van der Waals surface area contributed by atoms with E-state index >= 15 is 0 Å². The molecule has 0 saturated heterocycles. The molecular weight excluding hydrogens is 330 g/mol. The number of hydrogen-bond acceptors (Lipinski definition) is 7. The Morgan fingerprint density at radius 3 is 2.38 bits per heavy atom. The fraction of sp³-hybridized carbons (Fsp3) is 0. The van der Waals surface area contributed by atoms with E-state index in [2.05, 4.69) is 10.2 Å². The third-order valence-corrected chi connectivity index (χ3v) is 4.20. The summed E-state index contributed by atoms with van der Waals surface area (Å²) in [4.78, 5) is -0.525.